The van der Waals surface area contributed by atoms with Gasteiger partial charge in [0.05, 0.1) is 10.9 Å². The van der Waals surface area contributed by atoms with Gasteiger partial charge in [-0.3, -0.25) is 4.57 Å². The lowest BCUT2D eigenvalue weighted by Crippen LogP contribution is -2.37. The van der Waals surface area contributed by atoms with E-state index in [0.717, 1.165) is 12.1 Å². The van der Waals surface area contributed by atoms with Gasteiger partial charge in [0.25, 0.3) is 0 Å². The highest BCUT2D eigenvalue weighted by Crippen LogP contribution is 2.45. The number of benzene rings is 2. The highest BCUT2D eigenvalue weighted by atomic mass is 31.2. The molecule has 2 aromatic carbocycles. The van der Waals surface area contributed by atoms with Gasteiger partial charge >= 0.3 is 7.60 Å². The van der Waals surface area contributed by atoms with E-state index in [9.17, 15) is 34.8 Å². The molecule has 0 saturated carbocycles. The van der Waals surface area contributed by atoms with E-state index in [1.165, 1.54) is 30.3 Å². The number of phenols is 2. The van der Waals surface area contributed by atoms with Crippen molar-refractivity contribution in [2.45, 2.75) is 25.0 Å². The zero-order chi connectivity index (χ0) is 18.1. The number of aromatic hydroxyl groups is 2. The smallest absolute Gasteiger partial charge is 0.356 e. The molecule has 0 radical (unpaired) electrons. The zero-order valence-electron chi connectivity index (χ0n) is 12.9. The Morgan fingerprint density at radius 1 is 1.04 bits per heavy atom. The molecule has 1 unspecified atom stereocenters. The second kappa shape index (κ2) is 6.55. The largest absolute Gasteiger partial charge is 0.508 e. The quantitative estimate of drug-likeness (QED) is 0.351. The minimum absolute atomic E-state index is 0.00597. The first-order chi connectivity index (χ1) is 11.1. The SMILES string of the molecule is CCC(c1ccc(O)cc1)C(O)(O)c1c(O)cccc1P(=O)(O)O. The van der Waals surface area contributed by atoms with Crippen LogP contribution in [-0.2, 0) is 10.4 Å². The molecule has 0 spiro atoms. The number of hydrogen-bond donors (Lipinski definition) is 6. The molecular weight excluding hydrogens is 335 g/mol. The molecule has 0 aliphatic rings. The molecule has 7 nitrogen and oxygen atoms in total. The summed E-state index contributed by atoms with van der Waals surface area (Å²) in [4.78, 5) is 18.9. The molecule has 2 rings (SSSR count). The van der Waals surface area contributed by atoms with Crippen LogP contribution in [0, 0.1) is 0 Å². The van der Waals surface area contributed by atoms with Crippen LogP contribution in [0.5, 0.6) is 11.5 Å². The fraction of sp³-hybridized carbons (Fsp3) is 0.250. The Hall–Kier alpha value is -1.89. The molecule has 1 atom stereocenters. The molecule has 0 amide bonds. The minimum Gasteiger partial charge on any atom is -0.508 e. The van der Waals surface area contributed by atoms with Crippen molar-refractivity contribution in [3.63, 3.8) is 0 Å². The van der Waals surface area contributed by atoms with Crippen molar-refractivity contribution in [3.05, 3.63) is 53.6 Å². The van der Waals surface area contributed by atoms with Crippen molar-refractivity contribution in [3.8, 4) is 11.5 Å². The van der Waals surface area contributed by atoms with Crippen molar-refractivity contribution in [2.24, 2.45) is 0 Å². The van der Waals surface area contributed by atoms with Gasteiger partial charge in [-0.25, -0.2) is 0 Å². The monoisotopic (exact) mass is 354 g/mol. The molecule has 8 heteroatoms. The summed E-state index contributed by atoms with van der Waals surface area (Å²) in [6.07, 6.45) is 0.201. The van der Waals surface area contributed by atoms with Gasteiger partial charge in [0, 0.05) is 5.92 Å². The molecule has 6 N–H and O–H groups in total. The van der Waals surface area contributed by atoms with E-state index in [1.54, 1.807) is 6.92 Å². The van der Waals surface area contributed by atoms with Gasteiger partial charge in [-0.2, -0.15) is 0 Å². The number of hydrogen-bond acceptors (Lipinski definition) is 5. The second-order valence-corrected chi connectivity index (χ2v) is 7.06. The third-order valence-electron chi connectivity index (χ3n) is 3.89. The maximum absolute atomic E-state index is 11.7. The summed E-state index contributed by atoms with van der Waals surface area (Å²) >= 11 is 0. The number of rotatable bonds is 5. The van der Waals surface area contributed by atoms with E-state index < -0.39 is 35.9 Å². The normalized spacial score (nSPS) is 13.7. The first-order valence-electron chi connectivity index (χ1n) is 7.21. The van der Waals surface area contributed by atoms with E-state index in [0.29, 0.717) is 5.56 Å². The van der Waals surface area contributed by atoms with Crippen LogP contribution in [0.2, 0.25) is 0 Å². The third-order valence-corrected chi connectivity index (χ3v) is 4.89. The summed E-state index contributed by atoms with van der Waals surface area (Å²) in [7, 11) is -4.85. The van der Waals surface area contributed by atoms with Crippen LogP contribution < -0.4 is 5.30 Å². The lowest BCUT2D eigenvalue weighted by atomic mass is 9.83. The van der Waals surface area contributed by atoms with Crippen molar-refractivity contribution in [1.82, 2.24) is 0 Å². The second-order valence-electron chi connectivity index (χ2n) is 5.49. The van der Waals surface area contributed by atoms with Gasteiger partial charge < -0.3 is 30.2 Å². The Bertz CT molecular complexity index is 764. The zero-order valence-corrected chi connectivity index (χ0v) is 13.8. The molecule has 0 aliphatic carbocycles. The molecule has 0 fully saturated rings. The Morgan fingerprint density at radius 3 is 2.12 bits per heavy atom. The van der Waals surface area contributed by atoms with E-state index >= 15 is 0 Å². The average molecular weight is 354 g/mol. The summed E-state index contributed by atoms with van der Waals surface area (Å²) in [5.41, 5.74) is -0.196. The van der Waals surface area contributed by atoms with Gasteiger partial charge in [-0.05, 0) is 36.2 Å². The first-order valence-corrected chi connectivity index (χ1v) is 8.82. The van der Waals surface area contributed by atoms with Crippen LogP contribution >= 0.6 is 7.60 Å². The summed E-state index contributed by atoms with van der Waals surface area (Å²) in [5, 5.41) is 40.1. The van der Waals surface area contributed by atoms with E-state index in [1.807, 2.05) is 0 Å². The molecular formula is C16H19O7P. The van der Waals surface area contributed by atoms with Crippen LogP contribution in [0.1, 0.15) is 30.4 Å². The molecule has 130 valence electrons. The molecule has 0 aliphatic heterocycles. The van der Waals surface area contributed by atoms with Crippen LogP contribution in [0.15, 0.2) is 42.5 Å². The highest BCUT2D eigenvalue weighted by Gasteiger charge is 2.43. The summed E-state index contributed by atoms with van der Waals surface area (Å²) in [6.45, 7) is 1.66. The van der Waals surface area contributed by atoms with Crippen LogP contribution in [-0.4, -0.2) is 30.2 Å². The van der Waals surface area contributed by atoms with Crippen LogP contribution in [0.4, 0.5) is 0 Å². The van der Waals surface area contributed by atoms with Gasteiger partial charge in [0.2, 0.25) is 5.79 Å². The summed E-state index contributed by atoms with van der Waals surface area (Å²) in [5.74, 6) is -4.35. The summed E-state index contributed by atoms with van der Waals surface area (Å²) < 4.78 is 11.7. The predicted molar refractivity (Wildman–Crippen MR) is 87.0 cm³/mol. The molecule has 0 saturated heterocycles. The van der Waals surface area contributed by atoms with Crippen molar-refractivity contribution in [1.29, 1.82) is 0 Å². The van der Waals surface area contributed by atoms with E-state index in [2.05, 4.69) is 0 Å². The third kappa shape index (κ3) is 3.45. The number of aliphatic hydroxyl groups is 2. The topological polar surface area (TPSA) is 138 Å². The van der Waals surface area contributed by atoms with E-state index in [4.69, 9.17) is 0 Å². The first kappa shape index (κ1) is 18.4. The molecule has 0 aromatic heterocycles. The molecule has 0 bridgehead atoms. The van der Waals surface area contributed by atoms with E-state index in [-0.39, 0.29) is 12.2 Å². The van der Waals surface area contributed by atoms with Gasteiger partial charge in [-0.1, -0.05) is 25.1 Å². The molecule has 2 aromatic rings. The molecule has 24 heavy (non-hydrogen) atoms. The maximum Gasteiger partial charge on any atom is 0.356 e. The molecule has 0 heterocycles. The van der Waals surface area contributed by atoms with Crippen LogP contribution in [0.3, 0.4) is 0 Å². The summed E-state index contributed by atoms with van der Waals surface area (Å²) in [6, 6.07) is 9.06. The number of phenolic OH excluding ortho intramolecular Hbond substituents is 2. The standard InChI is InChI=1S/C16H19O7P/c1-2-12(10-6-8-11(17)9-7-10)16(19,20)15-13(18)4-3-5-14(15)24(21,22)23/h3-9,12,17-20H,2H2,1H3,(H2,21,22,23). The fourth-order valence-corrected chi connectivity index (χ4v) is 3.63. The Kier molecular flexibility index (Phi) is 5.03. The lowest BCUT2D eigenvalue weighted by molar-refractivity contribution is -0.189. The van der Waals surface area contributed by atoms with Gasteiger partial charge in [0.15, 0.2) is 0 Å². The van der Waals surface area contributed by atoms with Crippen LogP contribution in [0.25, 0.3) is 0 Å². The predicted octanol–water partition coefficient (Wildman–Crippen LogP) is 1.23. The van der Waals surface area contributed by atoms with Gasteiger partial charge in [-0.15, -0.1) is 0 Å². The van der Waals surface area contributed by atoms with Crippen molar-refractivity contribution >= 4 is 12.9 Å². The van der Waals surface area contributed by atoms with Crippen molar-refractivity contribution in [2.75, 3.05) is 0 Å². The van der Waals surface area contributed by atoms with Crippen molar-refractivity contribution < 1.29 is 34.8 Å². The Balaban J connectivity index is 2.64. The maximum atomic E-state index is 11.7. The Labute approximate surface area is 138 Å². The minimum atomic E-state index is -4.85. The lowest BCUT2D eigenvalue weighted by Gasteiger charge is -2.33. The average Bonchev–Trinajstić information content (AvgIpc) is 2.48. The highest BCUT2D eigenvalue weighted by molar-refractivity contribution is 7.60. The Morgan fingerprint density at radius 2 is 1.62 bits per heavy atom. The fourth-order valence-electron chi connectivity index (χ4n) is 2.78. The van der Waals surface area contributed by atoms with Gasteiger partial charge in [0.1, 0.15) is 11.5 Å².